The highest BCUT2D eigenvalue weighted by Gasteiger charge is 2.21. The average molecular weight is 355 g/mol. The van der Waals surface area contributed by atoms with Crippen molar-refractivity contribution in [1.29, 1.82) is 0 Å². The SMILES string of the molecule is CNC1CCCN(CC(=O)NC(=O)Nc2cccc(C)c2C)C1.Cl. The molecule has 1 heterocycles. The fourth-order valence-corrected chi connectivity index (χ4v) is 2.84. The van der Waals surface area contributed by atoms with Crippen molar-refractivity contribution in [3.05, 3.63) is 29.3 Å². The van der Waals surface area contributed by atoms with Crippen LogP contribution in [-0.4, -0.2) is 49.6 Å². The summed E-state index contributed by atoms with van der Waals surface area (Å²) in [6.45, 7) is 5.90. The number of piperidine rings is 1. The lowest BCUT2D eigenvalue weighted by molar-refractivity contribution is -0.121. The number of anilines is 1. The summed E-state index contributed by atoms with van der Waals surface area (Å²) < 4.78 is 0. The van der Waals surface area contributed by atoms with Crippen LogP contribution in [0, 0.1) is 13.8 Å². The molecule has 1 atom stereocenters. The summed E-state index contributed by atoms with van der Waals surface area (Å²) in [5.41, 5.74) is 2.83. The molecule has 6 nitrogen and oxygen atoms in total. The summed E-state index contributed by atoms with van der Waals surface area (Å²) in [4.78, 5) is 26.1. The van der Waals surface area contributed by atoms with E-state index in [0.717, 1.165) is 42.7 Å². The van der Waals surface area contributed by atoms with Gasteiger partial charge in [0.1, 0.15) is 0 Å². The normalized spacial score (nSPS) is 17.7. The maximum atomic E-state index is 12.0. The topological polar surface area (TPSA) is 73.5 Å². The van der Waals surface area contributed by atoms with E-state index in [2.05, 4.69) is 20.9 Å². The van der Waals surface area contributed by atoms with Crippen LogP contribution in [0.4, 0.5) is 10.5 Å². The number of hydrogen-bond acceptors (Lipinski definition) is 4. The number of likely N-dealkylation sites (N-methyl/N-ethyl adjacent to an activating group) is 1. The summed E-state index contributed by atoms with van der Waals surface area (Å²) in [6, 6.07) is 5.63. The Bertz CT molecular complexity index is 580. The number of halogens is 1. The number of carbonyl (C=O) groups is 2. The molecular formula is C17H27ClN4O2. The molecule has 1 unspecified atom stereocenters. The first kappa shape index (κ1) is 20.4. The zero-order valence-corrected chi connectivity index (χ0v) is 15.3. The highest BCUT2D eigenvalue weighted by atomic mass is 35.5. The number of likely N-dealkylation sites (tertiary alicyclic amines) is 1. The minimum absolute atomic E-state index is 0. The number of nitrogens with zero attached hydrogens (tertiary/aromatic N) is 1. The van der Waals surface area contributed by atoms with E-state index in [1.165, 1.54) is 0 Å². The molecule has 3 N–H and O–H groups in total. The number of benzene rings is 1. The van der Waals surface area contributed by atoms with Gasteiger partial charge in [0.25, 0.3) is 0 Å². The van der Waals surface area contributed by atoms with Gasteiger partial charge >= 0.3 is 6.03 Å². The van der Waals surface area contributed by atoms with E-state index in [-0.39, 0.29) is 24.9 Å². The van der Waals surface area contributed by atoms with Gasteiger partial charge in [0.05, 0.1) is 6.54 Å². The molecule has 24 heavy (non-hydrogen) atoms. The zero-order valence-electron chi connectivity index (χ0n) is 14.5. The average Bonchev–Trinajstić information content (AvgIpc) is 2.51. The maximum absolute atomic E-state index is 12.0. The number of hydrogen-bond donors (Lipinski definition) is 3. The van der Waals surface area contributed by atoms with Crippen LogP contribution in [-0.2, 0) is 4.79 Å². The molecule has 1 fully saturated rings. The van der Waals surface area contributed by atoms with Gasteiger partial charge in [0, 0.05) is 18.3 Å². The van der Waals surface area contributed by atoms with Gasteiger partial charge in [-0.25, -0.2) is 4.79 Å². The van der Waals surface area contributed by atoms with E-state index in [1.54, 1.807) is 0 Å². The van der Waals surface area contributed by atoms with Crippen molar-refractivity contribution in [2.45, 2.75) is 32.7 Å². The van der Waals surface area contributed by atoms with Crippen LogP contribution in [0.15, 0.2) is 18.2 Å². The minimum Gasteiger partial charge on any atom is -0.316 e. The first-order chi connectivity index (χ1) is 11.0. The molecule has 1 aliphatic heterocycles. The second-order valence-electron chi connectivity index (χ2n) is 6.11. The van der Waals surface area contributed by atoms with Crippen molar-refractivity contribution in [3.8, 4) is 0 Å². The van der Waals surface area contributed by atoms with E-state index < -0.39 is 6.03 Å². The maximum Gasteiger partial charge on any atom is 0.325 e. The van der Waals surface area contributed by atoms with Crippen LogP contribution < -0.4 is 16.0 Å². The third kappa shape index (κ3) is 5.78. The Morgan fingerprint density at radius 1 is 1.29 bits per heavy atom. The molecule has 1 aromatic rings. The van der Waals surface area contributed by atoms with Gasteiger partial charge in [-0.1, -0.05) is 12.1 Å². The molecule has 0 spiro atoms. The Kier molecular flexibility index (Phi) is 8.18. The molecule has 1 aliphatic rings. The molecule has 1 saturated heterocycles. The number of carbonyl (C=O) groups excluding carboxylic acids is 2. The van der Waals surface area contributed by atoms with Gasteiger partial charge in [-0.15, -0.1) is 12.4 Å². The smallest absolute Gasteiger partial charge is 0.316 e. The number of rotatable bonds is 4. The van der Waals surface area contributed by atoms with Crippen LogP contribution in [0.25, 0.3) is 0 Å². The standard InChI is InChI=1S/C17H26N4O2.ClH/c1-12-6-4-8-15(13(12)2)19-17(23)20-16(22)11-21-9-5-7-14(10-21)18-3;/h4,6,8,14,18H,5,7,9-11H2,1-3H3,(H2,19,20,22,23);1H. The van der Waals surface area contributed by atoms with E-state index in [1.807, 2.05) is 39.1 Å². The summed E-state index contributed by atoms with van der Waals surface area (Å²) in [7, 11) is 1.94. The summed E-state index contributed by atoms with van der Waals surface area (Å²) >= 11 is 0. The number of amides is 3. The van der Waals surface area contributed by atoms with Gasteiger partial charge in [0.15, 0.2) is 0 Å². The van der Waals surface area contributed by atoms with E-state index in [9.17, 15) is 9.59 Å². The van der Waals surface area contributed by atoms with Crippen LogP contribution in [0.5, 0.6) is 0 Å². The highest BCUT2D eigenvalue weighted by Crippen LogP contribution is 2.17. The largest absolute Gasteiger partial charge is 0.325 e. The van der Waals surface area contributed by atoms with Gasteiger partial charge in [-0.05, 0) is 57.5 Å². The molecule has 0 aliphatic carbocycles. The van der Waals surface area contributed by atoms with Crippen LogP contribution in [0.2, 0.25) is 0 Å². The summed E-state index contributed by atoms with van der Waals surface area (Å²) in [5.74, 6) is -0.274. The number of nitrogens with one attached hydrogen (secondary N) is 3. The first-order valence-electron chi connectivity index (χ1n) is 8.06. The molecule has 7 heteroatoms. The molecule has 0 aromatic heterocycles. The summed E-state index contributed by atoms with van der Waals surface area (Å²) in [6.07, 6.45) is 2.19. The van der Waals surface area contributed by atoms with Gasteiger partial charge in [-0.3, -0.25) is 15.0 Å². The second-order valence-corrected chi connectivity index (χ2v) is 6.11. The molecular weight excluding hydrogens is 328 g/mol. The highest BCUT2D eigenvalue weighted by molar-refractivity contribution is 6.02. The second kappa shape index (κ2) is 9.61. The molecule has 0 saturated carbocycles. The fraction of sp³-hybridized carbons (Fsp3) is 0.529. The molecule has 0 radical (unpaired) electrons. The Hall–Kier alpha value is -1.63. The van der Waals surface area contributed by atoms with Crippen molar-refractivity contribution in [2.75, 3.05) is 32.0 Å². The first-order valence-corrected chi connectivity index (χ1v) is 8.06. The fourth-order valence-electron chi connectivity index (χ4n) is 2.84. The number of urea groups is 1. The van der Waals surface area contributed by atoms with E-state index in [4.69, 9.17) is 0 Å². The van der Waals surface area contributed by atoms with Crippen molar-refractivity contribution < 1.29 is 9.59 Å². The predicted octanol–water partition coefficient (Wildman–Crippen LogP) is 2.06. The van der Waals surface area contributed by atoms with Crippen molar-refractivity contribution >= 4 is 30.0 Å². The zero-order chi connectivity index (χ0) is 16.8. The van der Waals surface area contributed by atoms with Crippen molar-refractivity contribution in [2.24, 2.45) is 0 Å². The van der Waals surface area contributed by atoms with Gasteiger partial charge in [-0.2, -0.15) is 0 Å². The van der Waals surface area contributed by atoms with Crippen molar-refractivity contribution in [1.82, 2.24) is 15.5 Å². The lowest BCUT2D eigenvalue weighted by Crippen LogP contribution is -2.49. The monoisotopic (exact) mass is 354 g/mol. The predicted molar refractivity (Wildman–Crippen MR) is 98.8 cm³/mol. The van der Waals surface area contributed by atoms with Crippen LogP contribution in [0.3, 0.4) is 0 Å². The lowest BCUT2D eigenvalue weighted by atomic mass is 10.1. The quantitative estimate of drug-likeness (QED) is 0.773. The van der Waals surface area contributed by atoms with Crippen LogP contribution in [0.1, 0.15) is 24.0 Å². The molecule has 0 bridgehead atoms. The van der Waals surface area contributed by atoms with Gasteiger partial charge in [0.2, 0.25) is 5.91 Å². The Labute approximate surface area is 149 Å². The van der Waals surface area contributed by atoms with Crippen LogP contribution >= 0.6 is 12.4 Å². The Balaban J connectivity index is 0.00000288. The number of imide groups is 1. The van der Waals surface area contributed by atoms with E-state index >= 15 is 0 Å². The van der Waals surface area contributed by atoms with Gasteiger partial charge < -0.3 is 10.6 Å². The molecule has 1 aromatic carbocycles. The molecule has 3 amide bonds. The Morgan fingerprint density at radius 3 is 2.75 bits per heavy atom. The molecule has 134 valence electrons. The van der Waals surface area contributed by atoms with E-state index in [0.29, 0.717) is 6.04 Å². The minimum atomic E-state index is -0.481. The summed E-state index contributed by atoms with van der Waals surface area (Å²) in [5, 5.41) is 8.38. The molecule has 2 rings (SSSR count). The lowest BCUT2D eigenvalue weighted by Gasteiger charge is -2.31. The third-order valence-electron chi connectivity index (χ3n) is 4.39. The van der Waals surface area contributed by atoms with Crippen molar-refractivity contribution in [3.63, 3.8) is 0 Å². The number of aryl methyl sites for hydroxylation is 1. The Morgan fingerprint density at radius 2 is 2.04 bits per heavy atom. The third-order valence-corrected chi connectivity index (χ3v) is 4.39.